The lowest BCUT2D eigenvalue weighted by molar-refractivity contribution is 0.0634. The number of H-pyrrole nitrogens is 1. The lowest BCUT2D eigenvalue weighted by atomic mass is 10.0. The highest BCUT2D eigenvalue weighted by Crippen LogP contribution is 2.21. The van der Waals surface area contributed by atoms with Gasteiger partial charge in [-0.05, 0) is 40.0 Å². The van der Waals surface area contributed by atoms with Gasteiger partial charge in [0.25, 0.3) is 5.91 Å². The first-order valence-corrected chi connectivity index (χ1v) is 5.93. The molecule has 1 aromatic heterocycles. The van der Waals surface area contributed by atoms with Crippen LogP contribution in [0.15, 0.2) is 0 Å². The largest absolute Gasteiger partial charge is 0.336 e. The van der Waals surface area contributed by atoms with Gasteiger partial charge >= 0.3 is 0 Å². The van der Waals surface area contributed by atoms with Crippen LogP contribution in [0, 0.1) is 13.8 Å². The number of hydrogen-bond acceptors (Lipinski definition) is 2. The van der Waals surface area contributed by atoms with Gasteiger partial charge in [0.15, 0.2) is 0 Å². The van der Waals surface area contributed by atoms with Crippen molar-refractivity contribution in [1.82, 2.24) is 15.1 Å². The number of aryl methyl sites for hydroxylation is 2. The van der Waals surface area contributed by atoms with Crippen LogP contribution in [0.25, 0.3) is 0 Å². The summed E-state index contributed by atoms with van der Waals surface area (Å²) in [5.74, 6) is 0.135. The smallest absolute Gasteiger partial charge is 0.257 e. The molecule has 1 unspecified atom stereocenters. The molecule has 2 heterocycles. The summed E-state index contributed by atoms with van der Waals surface area (Å²) in [4.78, 5) is 14.4. The molecule has 1 atom stereocenters. The van der Waals surface area contributed by atoms with Gasteiger partial charge in [-0.2, -0.15) is 5.10 Å². The molecule has 1 fully saturated rings. The second kappa shape index (κ2) is 4.28. The fourth-order valence-corrected chi connectivity index (χ4v) is 2.41. The Kier molecular flexibility index (Phi) is 2.99. The van der Waals surface area contributed by atoms with Crippen molar-refractivity contribution in [2.75, 3.05) is 6.54 Å². The van der Waals surface area contributed by atoms with Crippen molar-refractivity contribution in [1.29, 1.82) is 0 Å². The normalized spacial score (nSPS) is 21.2. The van der Waals surface area contributed by atoms with Gasteiger partial charge in [-0.25, -0.2) is 0 Å². The number of piperidine rings is 1. The Labute approximate surface area is 96.0 Å². The van der Waals surface area contributed by atoms with Gasteiger partial charge in [0, 0.05) is 18.3 Å². The van der Waals surface area contributed by atoms with Crippen LogP contribution in [-0.4, -0.2) is 33.6 Å². The molecule has 1 saturated heterocycles. The van der Waals surface area contributed by atoms with E-state index >= 15 is 0 Å². The number of carbonyl (C=O) groups is 1. The van der Waals surface area contributed by atoms with E-state index in [1.165, 1.54) is 6.42 Å². The van der Waals surface area contributed by atoms with Crippen LogP contribution in [0.2, 0.25) is 0 Å². The van der Waals surface area contributed by atoms with Crippen LogP contribution < -0.4 is 0 Å². The first-order chi connectivity index (χ1) is 7.61. The third kappa shape index (κ3) is 1.84. The first-order valence-electron chi connectivity index (χ1n) is 5.93. The predicted molar refractivity (Wildman–Crippen MR) is 62.4 cm³/mol. The molecule has 1 aliphatic rings. The zero-order valence-electron chi connectivity index (χ0n) is 10.2. The highest BCUT2D eigenvalue weighted by Gasteiger charge is 2.27. The molecule has 16 heavy (non-hydrogen) atoms. The number of hydrogen-bond donors (Lipinski definition) is 1. The minimum absolute atomic E-state index is 0.135. The van der Waals surface area contributed by atoms with Crippen LogP contribution in [-0.2, 0) is 0 Å². The van der Waals surface area contributed by atoms with Crippen LogP contribution in [0.1, 0.15) is 47.9 Å². The van der Waals surface area contributed by atoms with Crippen LogP contribution in [0.4, 0.5) is 0 Å². The number of likely N-dealkylation sites (tertiary alicyclic amines) is 1. The minimum atomic E-state index is 0.135. The fourth-order valence-electron chi connectivity index (χ4n) is 2.41. The molecule has 1 aromatic rings. The van der Waals surface area contributed by atoms with Gasteiger partial charge in [-0.1, -0.05) is 0 Å². The fraction of sp³-hybridized carbons (Fsp3) is 0.667. The summed E-state index contributed by atoms with van der Waals surface area (Å²) in [6.07, 6.45) is 3.46. The Morgan fingerprint density at radius 1 is 1.44 bits per heavy atom. The standard InChI is InChI=1S/C12H19N3O/c1-8-6-4-5-7-15(8)12(16)11-9(2)13-14-10(11)3/h8H,4-7H2,1-3H3,(H,13,14). The van der Waals surface area contributed by atoms with E-state index in [1.807, 2.05) is 18.7 Å². The molecule has 4 nitrogen and oxygen atoms in total. The monoisotopic (exact) mass is 221 g/mol. The van der Waals surface area contributed by atoms with Crippen LogP contribution in [0.5, 0.6) is 0 Å². The Balaban J connectivity index is 2.24. The Morgan fingerprint density at radius 3 is 2.75 bits per heavy atom. The number of aromatic amines is 1. The van der Waals surface area contributed by atoms with Gasteiger partial charge in [0.2, 0.25) is 0 Å². The number of rotatable bonds is 1. The SMILES string of the molecule is Cc1n[nH]c(C)c1C(=O)N1CCCCC1C. The van der Waals surface area contributed by atoms with Gasteiger partial charge in [0.05, 0.1) is 11.3 Å². The second-order valence-electron chi connectivity index (χ2n) is 4.65. The summed E-state index contributed by atoms with van der Waals surface area (Å²) in [7, 11) is 0. The van der Waals surface area contributed by atoms with E-state index in [0.717, 1.165) is 36.3 Å². The van der Waals surface area contributed by atoms with Gasteiger partial charge in [-0.3, -0.25) is 9.89 Å². The molecule has 88 valence electrons. The van der Waals surface area contributed by atoms with E-state index in [9.17, 15) is 4.79 Å². The molecule has 1 amide bonds. The molecule has 0 bridgehead atoms. The Bertz CT molecular complexity index is 377. The zero-order chi connectivity index (χ0) is 11.7. The lowest BCUT2D eigenvalue weighted by Crippen LogP contribution is -2.42. The van der Waals surface area contributed by atoms with E-state index in [1.54, 1.807) is 0 Å². The van der Waals surface area contributed by atoms with Crippen molar-refractivity contribution in [2.24, 2.45) is 0 Å². The van der Waals surface area contributed by atoms with E-state index < -0.39 is 0 Å². The third-order valence-electron chi connectivity index (χ3n) is 3.41. The van der Waals surface area contributed by atoms with E-state index in [-0.39, 0.29) is 5.91 Å². The van der Waals surface area contributed by atoms with E-state index in [4.69, 9.17) is 0 Å². The lowest BCUT2D eigenvalue weighted by Gasteiger charge is -2.33. The quantitative estimate of drug-likeness (QED) is 0.789. The molecule has 1 aliphatic heterocycles. The molecular formula is C12H19N3O. The minimum Gasteiger partial charge on any atom is -0.336 e. The average Bonchev–Trinajstić information content (AvgIpc) is 2.58. The van der Waals surface area contributed by atoms with Gasteiger partial charge in [0.1, 0.15) is 0 Å². The van der Waals surface area contributed by atoms with Gasteiger partial charge < -0.3 is 4.90 Å². The summed E-state index contributed by atoms with van der Waals surface area (Å²) >= 11 is 0. The van der Waals surface area contributed by atoms with Crippen molar-refractivity contribution in [3.63, 3.8) is 0 Å². The zero-order valence-corrected chi connectivity index (χ0v) is 10.2. The highest BCUT2D eigenvalue weighted by molar-refractivity contribution is 5.96. The van der Waals surface area contributed by atoms with E-state index in [2.05, 4.69) is 17.1 Å². The summed E-state index contributed by atoms with van der Waals surface area (Å²) in [5, 5.41) is 6.96. The first kappa shape index (κ1) is 11.2. The maximum absolute atomic E-state index is 12.4. The van der Waals surface area contributed by atoms with Crippen LogP contribution in [0.3, 0.4) is 0 Å². The molecule has 0 saturated carbocycles. The van der Waals surface area contributed by atoms with Crippen molar-refractivity contribution >= 4 is 5.91 Å². The highest BCUT2D eigenvalue weighted by atomic mass is 16.2. The maximum atomic E-state index is 12.4. The predicted octanol–water partition coefficient (Wildman–Crippen LogP) is 2.04. The average molecular weight is 221 g/mol. The molecule has 0 aliphatic carbocycles. The molecular weight excluding hydrogens is 202 g/mol. The third-order valence-corrected chi connectivity index (χ3v) is 3.41. The Hall–Kier alpha value is -1.32. The molecule has 0 radical (unpaired) electrons. The maximum Gasteiger partial charge on any atom is 0.257 e. The summed E-state index contributed by atoms with van der Waals surface area (Å²) in [5.41, 5.74) is 2.44. The summed E-state index contributed by atoms with van der Waals surface area (Å²) < 4.78 is 0. The number of aromatic nitrogens is 2. The van der Waals surface area contributed by atoms with Gasteiger partial charge in [-0.15, -0.1) is 0 Å². The number of nitrogens with zero attached hydrogens (tertiary/aromatic N) is 2. The number of nitrogens with one attached hydrogen (secondary N) is 1. The van der Waals surface area contributed by atoms with Crippen molar-refractivity contribution in [3.05, 3.63) is 17.0 Å². The Morgan fingerprint density at radius 2 is 2.19 bits per heavy atom. The molecule has 0 spiro atoms. The molecule has 1 N–H and O–H groups in total. The summed E-state index contributed by atoms with van der Waals surface area (Å²) in [6.45, 7) is 6.79. The number of carbonyl (C=O) groups excluding carboxylic acids is 1. The molecule has 2 rings (SSSR count). The van der Waals surface area contributed by atoms with Crippen LogP contribution >= 0.6 is 0 Å². The molecule has 4 heteroatoms. The topological polar surface area (TPSA) is 49.0 Å². The van der Waals surface area contributed by atoms with Crippen molar-refractivity contribution in [2.45, 2.75) is 46.1 Å². The molecule has 0 aromatic carbocycles. The van der Waals surface area contributed by atoms with Crippen molar-refractivity contribution < 1.29 is 4.79 Å². The van der Waals surface area contributed by atoms with Crippen molar-refractivity contribution in [3.8, 4) is 0 Å². The number of amides is 1. The second-order valence-corrected chi connectivity index (χ2v) is 4.65. The van der Waals surface area contributed by atoms with E-state index in [0.29, 0.717) is 6.04 Å². The summed E-state index contributed by atoms with van der Waals surface area (Å²) in [6, 6.07) is 0.356.